The molecule has 0 aliphatic carbocycles. The molecule has 2 aromatic heterocycles. The molecule has 2 heterocycles. The van der Waals surface area contributed by atoms with Gasteiger partial charge >= 0.3 is 0 Å². The van der Waals surface area contributed by atoms with Gasteiger partial charge in [0, 0.05) is 12.6 Å². The normalized spacial score (nSPS) is 11.0. The lowest BCUT2D eigenvalue weighted by molar-refractivity contribution is 0.0970. The molecule has 3 aromatic rings. The number of ketones is 1. The van der Waals surface area contributed by atoms with Crippen molar-refractivity contribution in [2.45, 2.75) is 26.3 Å². The standard InChI is InChI=1S/C17H18N4O2/c1-3-4-12-5-7-13(8-6-12)14(22)9-21-11-19-16-15(17(21)23)18-10-20(16)2/h5-8,10-11H,3-4,9H2,1-2H3. The summed E-state index contributed by atoms with van der Waals surface area (Å²) in [6.45, 7) is 2.08. The minimum atomic E-state index is -0.299. The van der Waals surface area contributed by atoms with Crippen LogP contribution in [0, 0.1) is 0 Å². The van der Waals surface area contributed by atoms with Crippen molar-refractivity contribution < 1.29 is 4.79 Å². The minimum Gasteiger partial charge on any atom is -0.318 e. The van der Waals surface area contributed by atoms with Gasteiger partial charge in [-0.15, -0.1) is 0 Å². The number of imidazole rings is 1. The van der Waals surface area contributed by atoms with Gasteiger partial charge in [-0.05, 0) is 12.0 Å². The third-order valence-corrected chi connectivity index (χ3v) is 3.82. The van der Waals surface area contributed by atoms with E-state index in [1.165, 1.54) is 22.8 Å². The van der Waals surface area contributed by atoms with Crippen molar-refractivity contribution in [3.05, 3.63) is 58.4 Å². The molecule has 6 nitrogen and oxygen atoms in total. The van der Waals surface area contributed by atoms with Gasteiger partial charge in [-0.25, -0.2) is 9.97 Å². The van der Waals surface area contributed by atoms with Crippen LogP contribution in [-0.4, -0.2) is 24.9 Å². The number of nitrogens with zero attached hydrogens (tertiary/aromatic N) is 4. The number of aryl methyl sites for hydroxylation is 2. The summed E-state index contributed by atoms with van der Waals surface area (Å²) in [5.41, 5.74) is 2.30. The Balaban J connectivity index is 1.85. The predicted octanol–water partition coefficient (Wildman–Crippen LogP) is 1.97. The van der Waals surface area contributed by atoms with Crippen molar-refractivity contribution in [2.24, 2.45) is 7.05 Å². The maximum atomic E-state index is 12.4. The Morgan fingerprint density at radius 3 is 2.57 bits per heavy atom. The van der Waals surface area contributed by atoms with Gasteiger partial charge < -0.3 is 4.57 Å². The topological polar surface area (TPSA) is 69.8 Å². The highest BCUT2D eigenvalue weighted by Crippen LogP contribution is 2.08. The van der Waals surface area contributed by atoms with E-state index in [-0.39, 0.29) is 23.4 Å². The average molecular weight is 310 g/mol. The molecule has 0 unspecified atom stereocenters. The molecule has 1 aromatic carbocycles. The first kappa shape index (κ1) is 15.1. The zero-order chi connectivity index (χ0) is 16.4. The van der Waals surface area contributed by atoms with Crippen LogP contribution in [0.25, 0.3) is 11.2 Å². The van der Waals surface area contributed by atoms with Crippen LogP contribution >= 0.6 is 0 Å². The summed E-state index contributed by atoms with van der Waals surface area (Å²) in [7, 11) is 1.77. The number of hydrogen-bond acceptors (Lipinski definition) is 4. The first-order valence-corrected chi connectivity index (χ1v) is 7.58. The largest absolute Gasteiger partial charge is 0.318 e. The molecule has 0 atom stereocenters. The number of rotatable bonds is 5. The van der Waals surface area contributed by atoms with Crippen LogP contribution in [0.2, 0.25) is 0 Å². The Kier molecular flexibility index (Phi) is 4.06. The van der Waals surface area contributed by atoms with E-state index in [1.54, 1.807) is 11.6 Å². The summed E-state index contributed by atoms with van der Waals surface area (Å²) in [6.07, 6.45) is 5.00. The maximum Gasteiger partial charge on any atom is 0.281 e. The Hall–Kier alpha value is -2.76. The van der Waals surface area contributed by atoms with Crippen molar-refractivity contribution in [1.82, 2.24) is 19.1 Å². The van der Waals surface area contributed by atoms with Crippen molar-refractivity contribution in [3.8, 4) is 0 Å². The van der Waals surface area contributed by atoms with Gasteiger partial charge in [-0.3, -0.25) is 14.2 Å². The Morgan fingerprint density at radius 1 is 1.13 bits per heavy atom. The maximum absolute atomic E-state index is 12.4. The van der Waals surface area contributed by atoms with E-state index in [9.17, 15) is 9.59 Å². The van der Waals surface area contributed by atoms with Crippen molar-refractivity contribution in [2.75, 3.05) is 0 Å². The van der Waals surface area contributed by atoms with Gasteiger partial charge in [0.25, 0.3) is 5.56 Å². The second-order valence-electron chi connectivity index (χ2n) is 5.58. The lowest BCUT2D eigenvalue weighted by Crippen LogP contribution is -2.25. The lowest BCUT2D eigenvalue weighted by Gasteiger charge is -2.06. The molecular formula is C17H18N4O2. The van der Waals surface area contributed by atoms with E-state index in [1.807, 2.05) is 24.3 Å². The van der Waals surface area contributed by atoms with Gasteiger partial charge in [0.05, 0.1) is 12.9 Å². The predicted molar refractivity (Wildman–Crippen MR) is 87.5 cm³/mol. The molecular weight excluding hydrogens is 292 g/mol. The van der Waals surface area contributed by atoms with Gasteiger partial charge in [0.2, 0.25) is 0 Å². The monoisotopic (exact) mass is 310 g/mol. The first-order valence-electron chi connectivity index (χ1n) is 7.58. The minimum absolute atomic E-state index is 0.0362. The molecule has 3 rings (SSSR count). The van der Waals surface area contributed by atoms with Crippen molar-refractivity contribution >= 4 is 16.9 Å². The second kappa shape index (κ2) is 6.16. The fourth-order valence-electron chi connectivity index (χ4n) is 2.54. The van der Waals surface area contributed by atoms with Crippen LogP contribution in [0.15, 0.2) is 41.7 Å². The van der Waals surface area contributed by atoms with Crippen LogP contribution in [0.4, 0.5) is 0 Å². The average Bonchev–Trinajstić information content (AvgIpc) is 2.93. The molecule has 0 radical (unpaired) electrons. The summed E-state index contributed by atoms with van der Waals surface area (Å²) in [4.78, 5) is 33.0. The molecule has 0 saturated carbocycles. The van der Waals surface area contributed by atoms with E-state index >= 15 is 0 Å². The summed E-state index contributed by atoms with van der Waals surface area (Å²) < 4.78 is 2.98. The van der Waals surface area contributed by atoms with E-state index < -0.39 is 0 Å². The van der Waals surface area contributed by atoms with Gasteiger partial charge in [0.1, 0.15) is 6.33 Å². The highest BCUT2D eigenvalue weighted by atomic mass is 16.1. The second-order valence-corrected chi connectivity index (χ2v) is 5.58. The highest BCUT2D eigenvalue weighted by molar-refractivity contribution is 5.96. The first-order chi connectivity index (χ1) is 11.1. The molecule has 0 saturated heterocycles. The van der Waals surface area contributed by atoms with E-state index in [0.29, 0.717) is 11.2 Å². The van der Waals surface area contributed by atoms with Gasteiger partial charge in [-0.1, -0.05) is 37.6 Å². The lowest BCUT2D eigenvalue weighted by atomic mass is 10.1. The molecule has 0 amide bonds. The fraction of sp³-hybridized carbons (Fsp3) is 0.294. The number of carbonyl (C=O) groups excluding carboxylic acids is 1. The molecule has 0 bridgehead atoms. The van der Waals surface area contributed by atoms with Crippen LogP contribution in [0.5, 0.6) is 0 Å². The van der Waals surface area contributed by atoms with Crippen LogP contribution < -0.4 is 5.56 Å². The molecule has 23 heavy (non-hydrogen) atoms. The number of Topliss-reactive ketones (excluding diaryl/α,β-unsaturated/α-hetero) is 1. The molecule has 0 spiro atoms. The van der Waals surface area contributed by atoms with Crippen LogP contribution in [0.3, 0.4) is 0 Å². The summed E-state index contributed by atoms with van der Waals surface area (Å²) in [5.74, 6) is -0.118. The Morgan fingerprint density at radius 2 is 1.87 bits per heavy atom. The number of benzene rings is 1. The number of fused-ring (bicyclic) bond motifs is 1. The molecule has 6 heteroatoms. The number of carbonyl (C=O) groups is 1. The van der Waals surface area contributed by atoms with Crippen LogP contribution in [-0.2, 0) is 20.0 Å². The van der Waals surface area contributed by atoms with E-state index in [4.69, 9.17) is 0 Å². The summed E-state index contributed by atoms with van der Waals surface area (Å²) in [5, 5.41) is 0. The smallest absolute Gasteiger partial charge is 0.281 e. The number of hydrogen-bond donors (Lipinski definition) is 0. The van der Waals surface area contributed by atoms with Crippen molar-refractivity contribution in [1.29, 1.82) is 0 Å². The third-order valence-electron chi connectivity index (χ3n) is 3.82. The van der Waals surface area contributed by atoms with Gasteiger partial charge in [0.15, 0.2) is 16.9 Å². The highest BCUT2D eigenvalue weighted by Gasteiger charge is 2.12. The van der Waals surface area contributed by atoms with E-state index in [2.05, 4.69) is 16.9 Å². The summed E-state index contributed by atoms with van der Waals surface area (Å²) >= 11 is 0. The van der Waals surface area contributed by atoms with E-state index in [0.717, 1.165) is 12.8 Å². The molecule has 0 N–H and O–H groups in total. The third kappa shape index (κ3) is 2.92. The summed E-state index contributed by atoms with van der Waals surface area (Å²) in [6, 6.07) is 7.54. The quantitative estimate of drug-likeness (QED) is 0.676. The molecule has 118 valence electrons. The Bertz CT molecular complexity index is 906. The molecule has 0 aliphatic rings. The zero-order valence-corrected chi connectivity index (χ0v) is 13.2. The van der Waals surface area contributed by atoms with Crippen molar-refractivity contribution in [3.63, 3.8) is 0 Å². The molecule has 0 fully saturated rings. The fourth-order valence-corrected chi connectivity index (χ4v) is 2.54. The Labute approximate surface area is 133 Å². The van der Waals surface area contributed by atoms with Crippen LogP contribution in [0.1, 0.15) is 29.3 Å². The SMILES string of the molecule is CCCc1ccc(C(=O)Cn2cnc3c(ncn3C)c2=O)cc1. The number of aromatic nitrogens is 4. The zero-order valence-electron chi connectivity index (χ0n) is 13.2. The van der Waals surface area contributed by atoms with Gasteiger partial charge in [-0.2, -0.15) is 0 Å². The molecule has 0 aliphatic heterocycles.